The molecule has 2 aromatic carbocycles. The van der Waals surface area contributed by atoms with Crippen molar-refractivity contribution < 1.29 is 18.0 Å². The lowest BCUT2D eigenvalue weighted by Crippen LogP contribution is -2.41. The zero-order valence-corrected chi connectivity index (χ0v) is 15.4. The monoisotopic (exact) mass is 388 g/mol. The molecule has 0 atom stereocenters. The van der Waals surface area contributed by atoms with Crippen LogP contribution in [0.5, 0.6) is 0 Å². The van der Waals surface area contributed by atoms with Crippen molar-refractivity contribution in [1.82, 2.24) is 9.88 Å². The average Bonchev–Trinajstić information content (AvgIpc) is 2.62. The summed E-state index contributed by atoms with van der Waals surface area (Å²) < 4.78 is 39.3. The minimum Gasteiger partial charge on any atom is -0.326 e. The number of carbonyl (C=O) groups excluding carboxylic acids is 1. The van der Waals surface area contributed by atoms with Crippen molar-refractivity contribution >= 4 is 16.8 Å². The Hall–Kier alpha value is -3.09. The maximum atomic E-state index is 13.1. The Bertz CT molecular complexity index is 1070. The Kier molecular flexibility index (Phi) is 5.27. The first-order valence-electron chi connectivity index (χ1n) is 8.68. The van der Waals surface area contributed by atoms with E-state index in [1.165, 1.54) is 6.07 Å². The number of H-pyrrole nitrogens is 1. The van der Waals surface area contributed by atoms with Gasteiger partial charge in [-0.2, -0.15) is 13.2 Å². The van der Waals surface area contributed by atoms with Gasteiger partial charge in [0.25, 0.3) is 5.56 Å². The van der Waals surface area contributed by atoms with Crippen LogP contribution in [0.25, 0.3) is 10.9 Å². The number of halogens is 3. The van der Waals surface area contributed by atoms with Crippen LogP contribution in [-0.4, -0.2) is 22.0 Å². The first kappa shape index (κ1) is 19.7. The summed E-state index contributed by atoms with van der Waals surface area (Å²) >= 11 is 0. The quantitative estimate of drug-likeness (QED) is 0.727. The lowest BCUT2D eigenvalue weighted by molar-refractivity contribution is -0.186. The van der Waals surface area contributed by atoms with Gasteiger partial charge in [-0.25, -0.2) is 0 Å². The Balaban J connectivity index is 1.96. The largest absolute Gasteiger partial charge is 0.471 e. The Labute approximate surface area is 159 Å². The van der Waals surface area contributed by atoms with Gasteiger partial charge in [-0.15, -0.1) is 0 Å². The van der Waals surface area contributed by atoms with E-state index in [0.717, 1.165) is 11.1 Å². The van der Waals surface area contributed by atoms with E-state index in [9.17, 15) is 22.8 Å². The van der Waals surface area contributed by atoms with Crippen LogP contribution in [0.15, 0.2) is 53.3 Å². The molecule has 1 aromatic heterocycles. The van der Waals surface area contributed by atoms with Crippen LogP contribution in [0.2, 0.25) is 0 Å². The van der Waals surface area contributed by atoms with Gasteiger partial charge < -0.3 is 9.88 Å². The highest BCUT2D eigenvalue weighted by molar-refractivity contribution is 5.82. The van der Waals surface area contributed by atoms with E-state index in [2.05, 4.69) is 4.98 Å². The second-order valence-electron chi connectivity index (χ2n) is 6.86. The minimum atomic E-state index is -5.02. The number of aryl methyl sites for hydroxylation is 2. The van der Waals surface area contributed by atoms with Crippen LogP contribution in [0, 0.1) is 13.8 Å². The van der Waals surface area contributed by atoms with Gasteiger partial charge in [-0.05, 0) is 42.5 Å². The van der Waals surface area contributed by atoms with Crippen LogP contribution in [0.4, 0.5) is 13.2 Å². The van der Waals surface area contributed by atoms with Crippen LogP contribution >= 0.6 is 0 Å². The number of benzene rings is 2. The molecule has 0 aliphatic rings. The summed E-state index contributed by atoms with van der Waals surface area (Å²) in [6.45, 7) is 3.05. The summed E-state index contributed by atoms with van der Waals surface area (Å²) in [6, 6.07) is 13.8. The molecule has 1 N–H and O–H groups in total. The summed E-state index contributed by atoms with van der Waals surface area (Å²) in [5.74, 6) is -1.98. The predicted octanol–water partition coefficient (Wildman–Crippen LogP) is 4.24. The summed E-state index contributed by atoms with van der Waals surface area (Å²) in [5, 5.41) is 0.690. The number of carbonyl (C=O) groups is 1. The highest BCUT2D eigenvalue weighted by Crippen LogP contribution is 2.22. The average molecular weight is 388 g/mol. The SMILES string of the molecule is Cc1ccc(CN(Cc2cc3ccc(C)cc3[nH]c2=O)C(=O)C(F)(F)F)cc1. The second kappa shape index (κ2) is 7.50. The fourth-order valence-corrected chi connectivity index (χ4v) is 2.98. The van der Waals surface area contributed by atoms with E-state index in [1.807, 2.05) is 19.9 Å². The molecular weight excluding hydrogens is 369 g/mol. The number of aromatic amines is 1. The third kappa shape index (κ3) is 4.42. The number of alkyl halides is 3. The van der Waals surface area contributed by atoms with Crippen molar-refractivity contribution in [2.45, 2.75) is 33.1 Å². The molecular formula is C21H19F3N2O2. The van der Waals surface area contributed by atoms with E-state index in [4.69, 9.17) is 0 Å². The molecule has 0 saturated carbocycles. The molecule has 1 heterocycles. The van der Waals surface area contributed by atoms with Crippen molar-refractivity contribution in [2.24, 2.45) is 0 Å². The molecule has 0 unspecified atom stereocenters. The van der Waals surface area contributed by atoms with Gasteiger partial charge in [-0.1, -0.05) is 42.0 Å². The highest BCUT2D eigenvalue weighted by Gasteiger charge is 2.42. The number of nitrogens with one attached hydrogen (secondary N) is 1. The zero-order valence-electron chi connectivity index (χ0n) is 15.4. The number of hydrogen-bond acceptors (Lipinski definition) is 2. The van der Waals surface area contributed by atoms with Gasteiger partial charge in [0.1, 0.15) is 0 Å². The molecule has 7 heteroatoms. The molecule has 0 aliphatic heterocycles. The summed E-state index contributed by atoms with van der Waals surface area (Å²) in [6.07, 6.45) is -5.02. The van der Waals surface area contributed by atoms with E-state index >= 15 is 0 Å². The van der Waals surface area contributed by atoms with Crippen molar-refractivity contribution in [3.8, 4) is 0 Å². The number of amides is 1. The van der Waals surface area contributed by atoms with E-state index in [1.54, 1.807) is 36.4 Å². The first-order chi connectivity index (χ1) is 13.1. The molecule has 1 amide bonds. The summed E-state index contributed by atoms with van der Waals surface area (Å²) in [7, 11) is 0. The van der Waals surface area contributed by atoms with Crippen LogP contribution in [0.3, 0.4) is 0 Å². The summed E-state index contributed by atoms with van der Waals surface area (Å²) in [5.41, 5.74) is 2.64. The lowest BCUT2D eigenvalue weighted by Gasteiger charge is -2.24. The lowest BCUT2D eigenvalue weighted by atomic mass is 10.1. The molecule has 4 nitrogen and oxygen atoms in total. The third-order valence-electron chi connectivity index (χ3n) is 4.46. The predicted molar refractivity (Wildman–Crippen MR) is 101 cm³/mol. The third-order valence-corrected chi connectivity index (χ3v) is 4.46. The van der Waals surface area contributed by atoms with E-state index in [-0.39, 0.29) is 12.1 Å². The molecule has 3 aromatic rings. The molecule has 0 bridgehead atoms. The Morgan fingerprint density at radius 3 is 2.25 bits per heavy atom. The maximum absolute atomic E-state index is 13.1. The normalized spacial score (nSPS) is 11.6. The molecule has 0 radical (unpaired) electrons. The Morgan fingerprint density at radius 2 is 1.61 bits per heavy atom. The van der Waals surface area contributed by atoms with Crippen LogP contribution < -0.4 is 5.56 Å². The number of hydrogen-bond donors (Lipinski definition) is 1. The van der Waals surface area contributed by atoms with Gasteiger partial charge >= 0.3 is 12.1 Å². The molecule has 28 heavy (non-hydrogen) atoms. The fourth-order valence-electron chi connectivity index (χ4n) is 2.98. The smallest absolute Gasteiger partial charge is 0.326 e. The number of nitrogens with zero attached hydrogens (tertiary/aromatic N) is 1. The van der Waals surface area contributed by atoms with Gasteiger partial charge in [0.05, 0.1) is 6.54 Å². The van der Waals surface area contributed by atoms with Crippen molar-refractivity contribution in [2.75, 3.05) is 0 Å². The standard InChI is InChI=1S/C21H19F3N2O2/c1-13-3-6-15(7-4-13)11-26(20(28)21(22,23)24)12-17-10-16-8-5-14(2)9-18(16)25-19(17)27/h3-10H,11-12H2,1-2H3,(H,25,27). The molecule has 3 rings (SSSR count). The number of aromatic nitrogens is 1. The molecule has 0 spiro atoms. The highest BCUT2D eigenvalue weighted by atomic mass is 19.4. The molecule has 0 saturated heterocycles. The van der Waals surface area contributed by atoms with Gasteiger partial charge in [0.15, 0.2) is 0 Å². The topological polar surface area (TPSA) is 53.2 Å². The zero-order chi connectivity index (χ0) is 20.5. The number of rotatable bonds is 4. The van der Waals surface area contributed by atoms with Gasteiger partial charge in [-0.3, -0.25) is 9.59 Å². The molecule has 0 aliphatic carbocycles. The van der Waals surface area contributed by atoms with Crippen molar-refractivity contribution in [3.05, 3.63) is 81.1 Å². The minimum absolute atomic E-state index is 0.0982. The van der Waals surface area contributed by atoms with Crippen molar-refractivity contribution in [3.63, 3.8) is 0 Å². The molecule has 146 valence electrons. The fraction of sp³-hybridized carbons (Fsp3) is 0.238. The maximum Gasteiger partial charge on any atom is 0.471 e. The van der Waals surface area contributed by atoms with E-state index in [0.29, 0.717) is 21.4 Å². The number of pyridine rings is 1. The van der Waals surface area contributed by atoms with E-state index < -0.39 is 24.2 Å². The van der Waals surface area contributed by atoms with Crippen molar-refractivity contribution in [1.29, 1.82) is 0 Å². The van der Waals surface area contributed by atoms with Crippen LogP contribution in [-0.2, 0) is 17.9 Å². The first-order valence-corrected chi connectivity index (χ1v) is 8.68. The van der Waals surface area contributed by atoms with Crippen LogP contribution in [0.1, 0.15) is 22.3 Å². The Morgan fingerprint density at radius 1 is 0.964 bits per heavy atom. The second-order valence-corrected chi connectivity index (χ2v) is 6.86. The summed E-state index contributed by atoms with van der Waals surface area (Å²) in [4.78, 5) is 27.7. The van der Waals surface area contributed by atoms with Gasteiger partial charge in [0.2, 0.25) is 0 Å². The van der Waals surface area contributed by atoms with Gasteiger partial charge in [0, 0.05) is 17.6 Å². The molecule has 0 fully saturated rings. The number of fused-ring (bicyclic) bond motifs is 1.